The van der Waals surface area contributed by atoms with Crippen LogP contribution in [0.25, 0.3) is 0 Å². The first-order chi connectivity index (χ1) is 12.5. The van der Waals surface area contributed by atoms with Crippen molar-refractivity contribution in [1.29, 1.82) is 0 Å². The summed E-state index contributed by atoms with van der Waals surface area (Å²) in [6, 6.07) is 17.4. The average Bonchev–Trinajstić information content (AvgIpc) is 2.64. The third-order valence-electron chi connectivity index (χ3n) is 4.80. The Morgan fingerprint density at radius 2 is 1.77 bits per heavy atom. The van der Waals surface area contributed by atoms with Crippen LogP contribution in [-0.2, 0) is 11.3 Å². The second-order valence-electron chi connectivity index (χ2n) is 6.86. The molecule has 2 rings (SSSR count). The van der Waals surface area contributed by atoms with Gasteiger partial charge in [0.25, 0.3) is 0 Å². The summed E-state index contributed by atoms with van der Waals surface area (Å²) in [5, 5.41) is 11.7. The lowest BCUT2D eigenvalue weighted by atomic mass is 9.85. The minimum atomic E-state index is -0.102. The molecule has 0 amide bonds. The number of phenolic OH excluding ortho intramolecular Hbond substituents is 1. The van der Waals surface area contributed by atoms with E-state index in [1.165, 1.54) is 5.56 Å². The first-order valence-corrected chi connectivity index (χ1v) is 9.33. The number of rotatable bonds is 10. The Bertz CT molecular complexity index is 670. The van der Waals surface area contributed by atoms with Gasteiger partial charge in [-0.05, 0) is 42.5 Å². The van der Waals surface area contributed by atoms with E-state index in [4.69, 9.17) is 0 Å². The Morgan fingerprint density at radius 3 is 2.35 bits per heavy atom. The fourth-order valence-electron chi connectivity index (χ4n) is 3.19. The van der Waals surface area contributed by atoms with Gasteiger partial charge >= 0.3 is 0 Å². The molecule has 0 bridgehead atoms. The van der Waals surface area contributed by atoms with E-state index in [0.717, 1.165) is 25.1 Å². The highest BCUT2D eigenvalue weighted by Crippen LogP contribution is 2.27. The highest BCUT2D eigenvalue weighted by molar-refractivity contribution is 5.79. The van der Waals surface area contributed by atoms with Crippen LogP contribution in [-0.4, -0.2) is 29.0 Å². The topological polar surface area (TPSA) is 52.6 Å². The van der Waals surface area contributed by atoms with Crippen LogP contribution in [0.5, 0.6) is 5.75 Å². The maximum absolute atomic E-state index is 12.3. The van der Waals surface area contributed by atoms with Gasteiger partial charge in [-0.25, -0.2) is 5.01 Å². The van der Waals surface area contributed by atoms with Crippen molar-refractivity contribution >= 4 is 5.78 Å². The molecule has 0 radical (unpaired) electrons. The molecule has 0 saturated carbocycles. The van der Waals surface area contributed by atoms with Crippen molar-refractivity contribution in [2.75, 3.05) is 13.1 Å². The number of nitrogens with one attached hydrogen (secondary N) is 1. The largest absolute Gasteiger partial charge is 0.508 e. The zero-order valence-corrected chi connectivity index (χ0v) is 16.0. The summed E-state index contributed by atoms with van der Waals surface area (Å²) in [6.07, 6.45) is 1.01. The SMILES string of the molecule is CCCN(C[C@H](C(C)=O)C(C)c1ccc(O)cc1)NCc1ccccc1. The Labute approximate surface area is 156 Å². The Morgan fingerprint density at radius 1 is 1.12 bits per heavy atom. The van der Waals surface area contributed by atoms with E-state index in [1.807, 2.05) is 30.3 Å². The fourth-order valence-corrected chi connectivity index (χ4v) is 3.19. The van der Waals surface area contributed by atoms with Crippen molar-refractivity contribution < 1.29 is 9.90 Å². The molecule has 2 aromatic rings. The van der Waals surface area contributed by atoms with E-state index in [0.29, 0.717) is 6.54 Å². The number of aromatic hydroxyl groups is 1. The van der Waals surface area contributed by atoms with Crippen LogP contribution in [0.1, 0.15) is 44.2 Å². The quantitative estimate of drug-likeness (QED) is 0.630. The first kappa shape index (κ1) is 20.1. The van der Waals surface area contributed by atoms with E-state index < -0.39 is 0 Å². The van der Waals surface area contributed by atoms with E-state index in [2.05, 4.69) is 36.4 Å². The molecule has 0 spiro atoms. The summed E-state index contributed by atoms with van der Waals surface area (Å²) >= 11 is 0. The molecule has 2 aromatic carbocycles. The smallest absolute Gasteiger partial charge is 0.134 e. The molecule has 0 heterocycles. The van der Waals surface area contributed by atoms with E-state index in [-0.39, 0.29) is 23.4 Å². The maximum Gasteiger partial charge on any atom is 0.134 e. The van der Waals surface area contributed by atoms with Crippen molar-refractivity contribution in [2.24, 2.45) is 5.92 Å². The standard InChI is InChI=1S/C22H30N2O2/c1-4-14-24(23-15-19-8-6-5-7-9-19)16-22(18(3)25)17(2)20-10-12-21(26)13-11-20/h5-13,17,22-23,26H,4,14-16H2,1-3H3/t17?,22-/m0/s1. The first-order valence-electron chi connectivity index (χ1n) is 9.33. The van der Waals surface area contributed by atoms with Gasteiger partial charge < -0.3 is 5.11 Å². The number of nitrogens with zero attached hydrogens (tertiary/aromatic N) is 1. The summed E-state index contributed by atoms with van der Waals surface area (Å²) < 4.78 is 0. The van der Waals surface area contributed by atoms with Crippen LogP contribution >= 0.6 is 0 Å². The predicted molar refractivity (Wildman–Crippen MR) is 106 cm³/mol. The third-order valence-corrected chi connectivity index (χ3v) is 4.80. The Hall–Kier alpha value is -2.17. The second kappa shape index (κ2) is 10.1. The summed E-state index contributed by atoms with van der Waals surface area (Å²) in [5.74, 6) is 0.422. The number of hydrazine groups is 1. The number of benzene rings is 2. The van der Waals surface area contributed by atoms with Gasteiger partial charge in [0, 0.05) is 25.6 Å². The molecule has 0 aromatic heterocycles. The number of hydrogen-bond acceptors (Lipinski definition) is 4. The average molecular weight is 354 g/mol. The highest BCUT2D eigenvalue weighted by Gasteiger charge is 2.25. The van der Waals surface area contributed by atoms with Gasteiger partial charge in [-0.15, -0.1) is 0 Å². The van der Waals surface area contributed by atoms with Crippen LogP contribution in [0, 0.1) is 5.92 Å². The number of Topliss-reactive ketones (excluding diaryl/α,β-unsaturated/α-hetero) is 1. The second-order valence-corrected chi connectivity index (χ2v) is 6.86. The van der Waals surface area contributed by atoms with Crippen molar-refractivity contribution in [1.82, 2.24) is 10.4 Å². The minimum absolute atomic E-state index is 0.0889. The molecule has 0 aliphatic rings. The molecular weight excluding hydrogens is 324 g/mol. The molecule has 4 heteroatoms. The lowest BCUT2D eigenvalue weighted by Gasteiger charge is -2.30. The van der Waals surface area contributed by atoms with E-state index in [1.54, 1.807) is 19.1 Å². The number of ketones is 1. The molecule has 2 N–H and O–H groups in total. The van der Waals surface area contributed by atoms with Crippen LogP contribution in [0.3, 0.4) is 0 Å². The molecule has 2 atom stereocenters. The highest BCUT2D eigenvalue weighted by atomic mass is 16.3. The van der Waals surface area contributed by atoms with Gasteiger partial charge in [-0.1, -0.05) is 56.3 Å². The molecule has 140 valence electrons. The monoisotopic (exact) mass is 354 g/mol. The Balaban J connectivity index is 2.06. The van der Waals surface area contributed by atoms with Gasteiger partial charge in [0.1, 0.15) is 11.5 Å². The number of carbonyl (C=O) groups excluding carboxylic acids is 1. The summed E-state index contributed by atoms with van der Waals surface area (Å²) in [5.41, 5.74) is 5.77. The normalized spacial score (nSPS) is 13.5. The maximum atomic E-state index is 12.3. The van der Waals surface area contributed by atoms with E-state index >= 15 is 0 Å². The minimum Gasteiger partial charge on any atom is -0.508 e. The van der Waals surface area contributed by atoms with Crippen molar-refractivity contribution in [2.45, 2.75) is 39.7 Å². The lowest BCUT2D eigenvalue weighted by Crippen LogP contribution is -2.44. The fraction of sp³-hybridized carbons (Fsp3) is 0.409. The van der Waals surface area contributed by atoms with Gasteiger partial charge in [0.05, 0.1) is 0 Å². The van der Waals surface area contributed by atoms with Crippen molar-refractivity contribution in [3.05, 3.63) is 65.7 Å². The zero-order valence-electron chi connectivity index (χ0n) is 16.0. The van der Waals surface area contributed by atoms with Gasteiger partial charge in [0.2, 0.25) is 0 Å². The van der Waals surface area contributed by atoms with Crippen molar-refractivity contribution in [3.8, 4) is 5.75 Å². The van der Waals surface area contributed by atoms with Crippen LogP contribution in [0.15, 0.2) is 54.6 Å². The molecule has 0 fully saturated rings. The molecule has 0 aliphatic carbocycles. The number of phenols is 1. The third kappa shape index (κ3) is 5.97. The number of carbonyl (C=O) groups is 1. The van der Waals surface area contributed by atoms with Crippen molar-refractivity contribution in [3.63, 3.8) is 0 Å². The van der Waals surface area contributed by atoms with Gasteiger partial charge in [-0.3, -0.25) is 10.2 Å². The molecule has 0 saturated heterocycles. The van der Waals surface area contributed by atoms with E-state index in [9.17, 15) is 9.90 Å². The molecule has 26 heavy (non-hydrogen) atoms. The van der Waals surface area contributed by atoms with Crippen LogP contribution in [0.4, 0.5) is 0 Å². The zero-order chi connectivity index (χ0) is 18.9. The Kier molecular flexibility index (Phi) is 7.82. The molecule has 1 unspecified atom stereocenters. The summed E-state index contributed by atoms with van der Waals surface area (Å²) in [4.78, 5) is 12.3. The molecular formula is C22H30N2O2. The number of hydrogen-bond donors (Lipinski definition) is 2. The summed E-state index contributed by atoms with van der Waals surface area (Å²) in [7, 11) is 0. The van der Waals surface area contributed by atoms with Crippen LogP contribution < -0.4 is 5.43 Å². The lowest BCUT2D eigenvalue weighted by molar-refractivity contribution is -0.122. The van der Waals surface area contributed by atoms with Gasteiger partial charge in [0.15, 0.2) is 0 Å². The molecule has 0 aliphatic heterocycles. The predicted octanol–water partition coefficient (Wildman–Crippen LogP) is 4.12. The summed E-state index contributed by atoms with van der Waals surface area (Å²) in [6.45, 7) is 8.20. The van der Waals surface area contributed by atoms with Gasteiger partial charge in [-0.2, -0.15) is 0 Å². The molecule has 4 nitrogen and oxygen atoms in total. The van der Waals surface area contributed by atoms with Crippen LogP contribution in [0.2, 0.25) is 0 Å².